The van der Waals surface area contributed by atoms with Crippen LogP contribution in [0.2, 0.25) is 0 Å². The lowest BCUT2D eigenvalue weighted by Gasteiger charge is -2.19. The van der Waals surface area contributed by atoms with E-state index in [9.17, 15) is 5.21 Å². The first-order valence-corrected chi connectivity index (χ1v) is 8.43. The number of hydroxylamine groups is 1. The normalized spacial score (nSPS) is 12.6. The van der Waals surface area contributed by atoms with Crippen molar-refractivity contribution in [1.29, 1.82) is 0 Å². The van der Waals surface area contributed by atoms with Crippen LogP contribution in [0.1, 0.15) is 22.7 Å². The third kappa shape index (κ3) is 4.70. The topological polar surface area (TPSA) is 38.1 Å². The molecule has 0 saturated heterocycles. The SMILES string of the molecule is Cc1ccc(NCC(c2ccccc2)/[N+]([O-])=C/c2ccccc2)cc1. The number of rotatable bonds is 6. The number of anilines is 1. The molecule has 0 bridgehead atoms. The summed E-state index contributed by atoms with van der Waals surface area (Å²) in [5.74, 6) is 0. The van der Waals surface area contributed by atoms with Gasteiger partial charge in [0.15, 0.2) is 6.21 Å². The van der Waals surface area contributed by atoms with Crippen LogP contribution in [0, 0.1) is 12.1 Å². The number of nitrogens with one attached hydrogen (secondary N) is 1. The van der Waals surface area contributed by atoms with Gasteiger partial charge in [0, 0.05) is 16.8 Å². The first-order valence-electron chi connectivity index (χ1n) is 8.43. The van der Waals surface area contributed by atoms with E-state index in [1.807, 2.05) is 72.8 Å². The quantitative estimate of drug-likeness (QED) is 0.306. The van der Waals surface area contributed by atoms with Gasteiger partial charge in [-0.25, -0.2) is 4.74 Å². The van der Waals surface area contributed by atoms with E-state index in [-0.39, 0.29) is 6.04 Å². The molecule has 25 heavy (non-hydrogen) atoms. The van der Waals surface area contributed by atoms with Crippen LogP contribution in [-0.2, 0) is 0 Å². The Balaban J connectivity index is 1.82. The second-order valence-electron chi connectivity index (χ2n) is 6.07. The minimum Gasteiger partial charge on any atom is -0.623 e. The van der Waals surface area contributed by atoms with E-state index < -0.39 is 0 Å². The zero-order valence-corrected chi connectivity index (χ0v) is 14.3. The van der Waals surface area contributed by atoms with Gasteiger partial charge in [0.05, 0.1) is 6.54 Å². The first-order chi connectivity index (χ1) is 12.2. The molecule has 1 unspecified atom stereocenters. The van der Waals surface area contributed by atoms with E-state index in [0.29, 0.717) is 6.54 Å². The summed E-state index contributed by atoms with van der Waals surface area (Å²) in [7, 11) is 0. The highest BCUT2D eigenvalue weighted by molar-refractivity contribution is 5.75. The van der Waals surface area contributed by atoms with Gasteiger partial charge in [-0.2, -0.15) is 0 Å². The summed E-state index contributed by atoms with van der Waals surface area (Å²) in [6, 6.07) is 27.4. The molecule has 0 aliphatic rings. The number of aryl methyl sites for hydroxylation is 1. The molecule has 0 amide bonds. The molecule has 0 aliphatic carbocycles. The Hall–Kier alpha value is -3.07. The van der Waals surface area contributed by atoms with Gasteiger partial charge in [-0.05, 0) is 31.2 Å². The molecule has 0 aliphatic heterocycles. The van der Waals surface area contributed by atoms with Gasteiger partial charge in [0.2, 0.25) is 6.04 Å². The molecule has 3 rings (SSSR count). The lowest BCUT2D eigenvalue weighted by Crippen LogP contribution is -2.23. The van der Waals surface area contributed by atoms with Gasteiger partial charge in [0.1, 0.15) is 0 Å². The van der Waals surface area contributed by atoms with Gasteiger partial charge in [-0.15, -0.1) is 0 Å². The van der Waals surface area contributed by atoms with E-state index >= 15 is 0 Å². The lowest BCUT2D eigenvalue weighted by molar-refractivity contribution is -0.499. The predicted octanol–water partition coefficient (Wildman–Crippen LogP) is 4.78. The third-order valence-corrected chi connectivity index (χ3v) is 4.12. The molecule has 0 aromatic heterocycles. The maximum Gasteiger partial charge on any atom is 0.205 e. The van der Waals surface area contributed by atoms with Gasteiger partial charge < -0.3 is 10.5 Å². The van der Waals surface area contributed by atoms with Crippen molar-refractivity contribution in [3.05, 3.63) is 107 Å². The Bertz CT molecular complexity index is 812. The van der Waals surface area contributed by atoms with E-state index in [0.717, 1.165) is 21.6 Å². The lowest BCUT2D eigenvalue weighted by atomic mass is 10.1. The smallest absolute Gasteiger partial charge is 0.205 e. The highest BCUT2D eigenvalue weighted by Gasteiger charge is 2.18. The maximum atomic E-state index is 12.8. The van der Waals surface area contributed by atoms with Crippen molar-refractivity contribution in [2.24, 2.45) is 0 Å². The van der Waals surface area contributed by atoms with Crippen molar-refractivity contribution in [3.8, 4) is 0 Å². The molecular formula is C22H22N2O. The van der Waals surface area contributed by atoms with Crippen LogP contribution >= 0.6 is 0 Å². The molecule has 126 valence electrons. The van der Waals surface area contributed by atoms with Crippen LogP contribution in [-0.4, -0.2) is 17.5 Å². The van der Waals surface area contributed by atoms with E-state index in [1.165, 1.54) is 5.56 Å². The van der Waals surface area contributed by atoms with E-state index in [1.54, 1.807) is 6.21 Å². The zero-order chi connectivity index (χ0) is 17.5. The minimum absolute atomic E-state index is 0.303. The van der Waals surface area contributed by atoms with Crippen molar-refractivity contribution in [2.45, 2.75) is 13.0 Å². The molecule has 0 fully saturated rings. The fraction of sp³-hybridized carbons (Fsp3) is 0.136. The molecule has 0 spiro atoms. The second-order valence-corrected chi connectivity index (χ2v) is 6.07. The van der Waals surface area contributed by atoms with Crippen LogP contribution in [0.4, 0.5) is 5.69 Å². The summed E-state index contributed by atoms with van der Waals surface area (Å²) < 4.78 is 1.03. The van der Waals surface area contributed by atoms with E-state index in [4.69, 9.17) is 0 Å². The van der Waals surface area contributed by atoms with Crippen molar-refractivity contribution < 1.29 is 4.74 Å². The molecule has 1 atom stereocenters. The number of hydrogen-bond donors (Lipinski definition) is 1. The summed E-state index contributed by atoms with van der Waals surface area (Å²) in [5.41, 5.74) is 4.12. The zero-order valence-electron chi connectivity index (χ0n) is 14.3. The predicted molar refractivity (Wildman–Crippen MR) is 104 cm³/mol. The average molecular weight is 330 g/mol. The minimum atomic E-state index is -0.303. The summed E-state index contributed by atoms with van der Waals surface area (Å²) in [5, 5.41) is 16.2. The molecule has 3 aromatic carbocycles. The highest BCUT2D eigenvalue weighted by Crippen LogP contribution is 2.18. The second kappa shape index (κ2) is 8.15. The fourth-order valence-electron chi connectivity index (χ4n) is 2.69. The first kappa shape index (κ1) is 16.8. The van der Waals surface area contributed by atoms with Crippen LogP contribution in [0.15, 0.2) is 84.9 Å². The Morgan fingerprint density at radius 3 is 2.12 bits per heavy atom. The Kier molecular flexibility index (Phi) is 5.47. The monoisotopic (exact) mass is 330 g/mol. The molecule has 1 N–H and O–H groups in total. The average Bonchev–Trinajstić information content (AvgIpc) is 2.65. The van der Waals surface area contributed by atoms with Crippen LogP contribution in [0.3, 0.4) is 0 Å². The molecule has 0 heterocycles. The van der Waals surface area contributed by atoms with Crippen molar-refractivity contribution in [2.75, 3.05) is 11.9 Å². The number of hydrogen-bond acceptors (Lipinski definition) is 2. The summed E-state index contributed by atoms with van der Waals surface area (Å²) in [6.45, 7) is 2.59. The van der Waals surface area contributed by atoms with Gasteiger partial charge >= 0.3 is 0 Å². The van der Waals surface area contributed by atoms with Crippen molar-refractivity contribution >= 4 is 11.9 Å². The molecular weight excluding hydrogens is 308 g/mol. The standard InChI is InChI=1S/C22H22N2O/c1-18-12-14-21(15-13-18)23-16-22(20-10-6-3-7-11-20)24(25)17-19-8-4-2-5-9-19/h2-15,17,22-23H,16H2,1H3/b24-17-. The van der Waals surface area contributed by atoms with Gasteiger partial charge in [0.25, 0.3) is 0 Å². The fourth-order valence-corrected chi connectivity index (χ4v) is 2.69. The Labute approximate surface area is 148 Å². The Morgan fingerprint density at radius 2 is 1.48 bits per heavy atom. The summed E-state index contributed by atoms with van der Waals surface area (Å²) >= 11 is 0. The molecule has 0 saturated carbocycles. The van der Waals surface area contributed by atoms with Crippen LogP contribution in [0.25, 0.3) is 0 Å². The summed E-state index contributed by atoms with van der Waals surface area (Å²) in [6.07, 6.45) is 1.65. The molecule has 3 nitrogen and oxygen atoms in total. The van der Waals surface area contributed by atoms with E-state index in [2.05, 4.69) is 24.4 Å². The Morgan fingerprint density at radius 1 is 0.880 bits per heavy atom. The van der Waals surface area contributed by atoms with Crippen LogP contribution < -0.4 is 5.32 Å². The van der Waals surface area contributed by atoms with Gasteiger partial charge in [-0.3, -0.25) is 0 Å². The van der Waals surface area contributed by atoms with Crippen molar-refractivity contribution in [1.82, 2.24) is 0 Å². The molecule has 3 aromatic rings. The highest BCUT2D eigenvalue weighted by atomic mass is 16.5. The van der Waals surface area contributed by atoms with Crippen LogP contribution in [0.5, 0.6) is 0 Å². The number of nitrogens with zero attached hydrogens (tertiary/aromatic N) is 1. The summed E-state index contributed by atoms with van der Waals surface area (Å²) in [4.78, 5) is 0. The maximum absolute atomic E-state index is 12.8. The molecule has 3 heteroatoms. The number of benzene rings is 3. The largest absolute Gasteiger partial charge is 0.623 e. The molecule has 0 radical (unpaired) electrons. The van der Waals surface area contributed by atoms with Gasteiger partial charge in [-0.1, -0.05) is 66.2 Å². The van der Waals surface area contributed by atoms with Crippen molar-refractivity contribution in [3.63, 3.8) is 0 Å². The third-order valence-electron chi connectivity index (χ3n) is 4.12.